The van der Waals surface area contributed by atoms with Crippen LogP contribution in [0.4, 0.5) is 0 Å². The van der Waals surface area contributed by atoms with Crippen LogP contribution in [0.1, 0.15) is 5.69 Å². The molecule has 0 spiro atoms. The van der Waals surface area contributed by atoms with Gasteiger partial charge in [-0.25, -0.2) is 4.98 Å². The Labute approximate surface area is 144 Å². The van der Waals surface area contributed by atoms with Gasteiger partial charge in [0.15, 0.2) is 0 Å². The maximum atomic E-state index is 5.78. The third-order valence-corrected chi connectivity index (χ3v) is 3.45. The van der Waals surface area contributed by atoms with Gasteiger partial charge in [-0.2, -0.15) is 0 Å². The number of rotatable bonds is 4. The van der Waals surface area contributed by atoms with E-state index in [-0.39, 0.29) is 0 Å². The van der Waals surface area contributed by atoms with Gasteiger partial charge in [0.2, 0.25) is 5.82 Å². The van der Waals surface area contributed by atoms with E-state index in [1.165, 1.54) is 4.80 Å². The zero-order valence-corrected chi connectivity index (χ0v) is 13.4. The number of nitrogens with zero attached hydrogens (tertiary/aromatic N) is 6. The molecule has 0 aliphatic rings. The predicted octanol–water partition coefficient (Wildman–Crippen LogP) is 3.22. The van der Waals surface area contributed by atoms with Crippen LogP contribution in [0.5, 0.6) is 11.5 Å². The number of aromatic nitrogens is 6. The van der Waals surface area contributed by atoms with E-state index in [1.54, 1.807) is 12.4 Å². The summed E-state index contributed by atoms with van der Waals surface area (Å²) in [6.45, 7) is 1.92. The lowest BCUT2D eigenvalue weighted by Crippen LogP contribution is -1.99. The van der Waals surface area contributed by atoms with Crippen molar-refractivity contribution >= 4 is 0 Å². The van der Waals surface area contributed by atoms with Crippen molar-refractivity contribution in [2.45, 2.75) is 6.92 Å². The Morgan fingerprint density at radius 2 is 1.84 bits per heavy atom. The second-order valence-corrected chi connectivity index (χ2v) is 5.35. The van der Waals surface area contributed by atoms with Crippen LogP contribution >= 0.6 is 0 Å². The minimum atomic E-state index is 0.474. The van der Waals surface area contributed by atoms with Crippen molar-refractivity contribution in [1.29, 1.82) is 0 Å². The van der Waals surface area contributed by atoms with Crippen molar-refractivity contribution in [2.24, 2.45) is 0 Å². The zero-order chi connectivity index (χ0) is 17.1. The van der Waals surface area contributed by atoms with Crippen molar-refractivity contribution in [3.05, 3.63) is 72.7 Å². The lowest BCUT2D eigenvalue weighted by atomic mass is 10.3. The van der Waals surface area contributed by atoms with Crippen molar-refractivity contribution in [3.63, 3.8) is 0 Å². The van der Waals surface area contributed by atoms with E-state index >= 15 is 0 Å². The number of benzene rings is 1. The summed E-state index contributed by atoms with van der Waals surface area (Å²) in [5.74, 6) is 1.80. The van der Waals surface area contributed by atoms with Crippen LogP contribution < -0.4 is 4.74 Å². The van der Waals surface area contributed by atoms with Crippen LogP contribution in [0.2, 0.25) is 0 Å². The molecule has 0 bridgehead atoms. The number of aryl methyl sites for hydroxylation is 1. The van der Waals surface area contributed by atoms with Gasteiger partial charge in [0.1, 0.15) is 17.2 Å². The average Bonchev–Trinajstić information content (AvgIpc) is 3.13. The first kappa shape index (κ1) is 14.9. The van der Waals surface area contributed by atoms with E-state index < -0.39 is 0 Å². The smallest absolute Gasteiger partial charge is 0.223 e. The third kappa shape index (κ3) is 3.35. The van der Waals surface area contributed by atoms with Gasteiger partial charge in [0, 0.05) is 18.0 Å². The average molecular weight is 330 g/mol. The fraction of sp³-hybridized carbons (Fsp3) is 0.0556. The van der Waals surface area contributed by atoms with Gasteiger partial charge in [-0.05, 0) is 48.5 Å². The molecule has 7 nitrogen and oxygen atoms in total. The van der Waals surface area contributed by atoms with E-state index in [0.29, 0.717) is 23.0 Å². The van der Waals surface area contributed by atoms with E-state index in [1.807, 2.05) is 61.5 Å². The molecule has 0 unspecified atom stereocenters. The number of pyridine rings is 2. The van der Waals surface area contributed by atoms with Gasteiger partial charge in [-0.3, -0.25) is 4.98 Å². The molecule has 4 aromatic rings. The molecular weight excluding hydrogens is 316 g/mol. The highest BCUT2D eigenvalue weighted by Gasteiger charge is 2.09. The summed E-state index contributed by atoms with van der Waals surface area (Å²) >= 11 is 0. The second-order valence-electron chi connectivity index (χ2n) is 5.35. The summed E-state index contributed by atoms with van der Waals surface area (Å²) in [5, 5.41) is 12.6. The largest absolute Gasteiger partial charge is 0.456 e. The van der Waals surface area contributed by atoms with E-state index in [0.717, 1.165) is 11.4 Å². The fourth-order valence-corrected chi connectivity index (χ4v) is 2.31. The van der Waals surface area contributed by atoms with Gasteiger partial charge in [0.05, 0.1) is 11.9 Å². The van der Waals surface area contributed by atoms with Gasteiger partial charge in [-0.1, -0.05) is 12.1 Å². The molecular formula is C18H14N6O. The Bertz CT molecular complexity index is 999. The summed E-state index contributed by atoms with van der Waals surface area (Å²) < 4.78 is 5.78. The highest BCUT2D eigenvalue weighted by atomic mass is 16.5. The standard InChI is InChI=1S/C18H14N6O/c1-13-5-2-9-17(20-13)18-21-23-24(22-18)14-6-3-7-15(11-14)25-16-8-4-10-19-12-16/h2-12H,1H3. The number of hydrogen-bond acceptors (Lipinski definition) is 6. The highest BCUT2D eigenvalue weighted by Crippen LogP contribution is 2.22. The van der Waals surface area contributed by atoms with Crippen LogP contribution in [0.15, 0.2) is 67.0 Å². The summed E-state index contributed by atoms with van der Waals surface area (Å²) in [7, 11) is 0. The molecule has 0 amide bonds. The Kier molecular flexibility index (Phi) is 3.88. The zero-order valence-electron chi connectivity index (χ0n) is 13.4. The summed E-state index contributed by atoms with van der Waals surface area (Å²) in [4.78, 5) is 9.90. The molecule has 0 saturated carbocycles. The monoisotopic (exact) mass is 330 g/mol. The van der Waals surface area contributed by atoms with E-state index in [2.05, 4.69) is 25.4 Å². The molecule has 25 heavy (non-hydrogen) atoms. The maximum Gasteiger partial charge on any atom is 0.223 e. The second kappa shape index (κ2) is 6.48. The quantitative estimate of drug-likeness (QED) is 0.572. The van der Waals surface area contributed by atoms with Gasteiger partial charge in [-0.15, -0.1) is 15.0 Å². The number of ether oxygens (including phenoxy) is 1. The SMILES string of the molecule is Cc1cccc(-c2nnn(-c3cccc(Oc4cccnc4)c3)n2)n1. The molecule has 4 rings (SSSR count). The van der Waals surface area contributed by atoms with Crippen molar-refractivity contribution < 1.29 is 4.74 Å². The van der Waals surface area contributed by atoms with Gasteiger partial charge >= 0.3 is 0 Å². The summed E-state index contributed by atoms with van der Waals surface area (Å²) in [6.07, 6.45) is 3.35. The van der Waals surface area contributed by atoms with Crippen LogP contribution in [0.25, 0.3) is 17.2 Å². The molecule has 0 aliphatic carbocycles. The fourth-order valence-electron chi connectivity index (χ4n) is 2.31. The van der Waals surface area contributed by atoms with E-state index in [9.17, 15) is 0 Å². The summed E-state index contributed by atoms with van der Waals surface area (Å²) in [5.41, 5.74) is 2.34. The molecule has 0 saturated heterocycles. The Morgan fingerprint density at radius 1 is 0.960 bits per heavy atom. The van der Waals surface area contributed by atoms with Crippen LogP contribution in [-0.2, 0) is 0 Å². The van der Waals surface area contributed by atoms with Gasteiger partial charge < -0.3 is 4.74 Å². The maximum absolute atomic E-state index is 5.78. The topological polar surface area (TPSA) is 78.6 Å². The number of hydrogen-bond donors (Lipinski definition) is 0. The Balaban J connectivity index is 1.61. The molecule has 0 radical (unpaired) electrons. The molecule has 0 N–H and O–H groups in total. The molecule has 3 aromatic heterocycles. The first-order chi connectivity index (χ1) is 12.3. The lowest BCUT2D eigenvalue weighted by molar-refractivity contribution is 0.479. The minimum absolute atomic E-state index is 0.474. The van der Waals surface area contributed by atoms with Crippen LogP contribution in [0, 0.1) is 6.92 Å². The molecule has 0 aliphatic heterocycles. The Morgan fingerprint density at radius 3 is 2.68 bits per heavy atom. The normalized spacial score (nSPS) is 10.6. The van der Waals surface area contributed by atoms with E-state index in [4.69, 9.17) is 4.74 Å². The van der Waals surface area contributed by atoms with Gasteiger partial charge in [0.25, 0.3) is 0 Å². The molecule has 1 aromatic carbocycles. The summed E-state index contributed by atoms with van der Waals surface area (Å²) in [6, 6.07) is 16.8. The molecule has 3 heterocycles. The first-order valence-corrected chi connectivity index (χ1v) is 7.70. The lowest BCUT2D eigenvalue weighted by Gasteiger charge is -2.06. The van der Waals surface area contributed by atoms with Crippen molar-refractivity contribution in [3.8, 4) is 28.7 Å². The highest BCUT2D eigenvalue weighted by molar-refractivity contribution is 5.48. The minimum Gasteiger partial charge on any atom is -0.456 e. The molecule has 7 heteroatoms. The van der Waals surface area contributed by atoms with Crippen LogP contribution in [0.3, 0.4) is 0 Å². The molecule has 122 valence electrons. The first-order valence-electron chi connectivity index (χ1n) is 7.70. The number of tetrazole rings is 1. The molecule has 0 atom stereocenters. The predicted molar refractivity (Wildman–Crippen MR) is 91.4 cm³/mol. The van der Waals surface area contributed by atoms with Crippen molar-refractivity contribution in [2.75, 3.05) is 0 Å². The molecule has 0 fully saturated rings. The van der Waals surface area contributed by atoms with Crippen LogP contribution in [-0.4, -0.2) is 30.2 Å². The Hall–Kier alpha value is -3.61. The third-order valence-electron chi connectivity index (χ3n) is 3.45. The van der Waals surface area contributed by atoms with Crippen molar-refractivity contribution in [1.82, 2.24) is 30.2 Å².